The van der Waals surface area contributed by atoms with Gasteiger partial charge in [0.05, 0.1) is 7.11 Å². The van der Waals surface area contributed by atoms with Gasteiger partial charge in [0.25, 0.3) is 5.91 Å². The first-order valence-corrected chi connectivity index (χ1v) is 7.21. The molecule has 0 spiro atoms. The number of hydrogen-bond donors (Lipinski definition) is 2. The number of amides is 2. The van der Waals surface area contributed by atoms with E-state index in [9.17, 15) is 14.7 Å². The quantitative estimate of drug-likeness (QED) is 0.807. The maximum absolute atomic E-state index is 12.3. The molecule has 0 aromatic heterocycles. The smallest absolute Gasteiger partial charge is 0.408 e. The maximum Gasteiger partial charge on any atom is 0.408 e. The van der Waals surface area contributed by atoms with Crippen molar-refractivity contribution in [1.82, 2.24) is 10.4 Å². The van der Waals surface area contributed by atoms with E-state index in [1.807, 2.05) is 0 Å². The number of hydroxylamine groups is 2. The summed E-state index contributed by atoms with van der Waals surface area (Å²) in [6.45, 7) is 5.22. The third-order valence-electron chi connectivity index (χ3n) is 2.95. The van der Waals surface area contributed by atoms with Gasteiger partial charge in [0.15, 0.2) is 0 Å². The second-order valence-electron chi connectivity index (χ2n) is 6.09. The summed E-state index contributed by atoms with van der Waals surface area (Å²) < 4.78 is 5.19. The molecule has 2 N–H and O–H groups in total. The summed E-state index contributed by atoms with van der Waals surface area (Å²) in [7, 11) is 2.83. The number of carbonyl (C=O) groups is 2. The Bertz CT molecular complexity index is 536. The molecule has 0 aliphatic heterocycles. The van der Waals surface area contributed by atoms with Crippen LogP contribution in [0.3, 0.4) is 0 Å². The number of rotatable bonds is 5. The van der Waals surface area contributed by atoms with Gasteiger partial charge < -0.3 is 15.2 Å². The maximum atomic E-state index is 12.3. The fraction of sp³-hybridized carbons (Fsp3) is 0.500. The third-order valence-corrected chi connectivity index (χ3v) is 2.95. The zero-order valence-corrected chi connectivity index (χ0v) is 14.1. The van der Waals surface area contributed by atoms with E-state index in [0.29, 0.717) is 0 Å². The van der Waals surface area contributed by atoms with Crippen molar-refractivity contribution >= 4 is 12.0 Å². The van der Waals surface area contributed by atoms with Gasteiger partial charge >= 0.3 is 6.09 Å². The monoisotopic (exact) mass is 324 g/mol. The Hall–Kier alpha value is -2.28. The van der Waals surface area contributed by atoms with E-state index in [1.54, 1.807) is 32.9 Å². The molecular weight excluding hydrogens is 300 g/mol. The number of phenolic OH excluding ortho intramolecular Hbond substituents is 1. The summed E-state index contributed by atoms with van der Waals surface area (Å²) in [6.07, 6.45) is -0.439. The predicted octanol–water partition coefficient (Wildman–Crippen LogP) is 1.85. The van der Waals surface area contributed by atoms with E-state index in [1.165, 1.54) is 26.3 Å². The second kappa shape index (κ2) is 7.82. The molecule has 1 rings (SSSR count). The van der Waals surface area contributed by atoms with Crippen LogP contribution in [0.2, 0.25) is 0 Å². The number of benzene rings is 1. The van der Waals surface area contributed by atoms with Crippen molar-refractivity contribution in [3.8, 4) is 5.75 Å². The molecule has 0 fully saturated rings. The lowest BCUT2D eigenvalue weighted by Crippen LogP contribution is -2.49. The number of phenols is 1. The Morgan fingerprint density at radius 3 is 2.30 bits per heavy atom. The normalized spacial score (nSPS) is 12.4. The molecule has 0 radical (unpaired) electrons. The van der Waals surface area contributed by atoms with Gasteiger partial charge in [-0.25, -0.2) is 9.86 Å². The first-order chi connectivity index (χ1) is 10.6. The molecule has 0 saturated heterocycles. The summed E-state index contributed by atoms with van der Waals surface area (Å²) in [5.41, 5.74) is 0.116. The van der Waals surface area contributed by atoms with Gasteiger partial charge in [-0.2, -0.15) is 0 Å². The lowest BCUT2D eigenvalue weighted by atomic mass is 10.1. The molecule has 0 bridgehead atoms. The van der Waals surface area contributed by atoms with Crippen LogP contribution in [-0.2, 0) is 20.8 Å². The molecule has 7 nitrogen and oxygen atoms in total. The van der Waals surface area contributed by atoms with Gasteiger partial charge in [0.1, 0.15) is 17.4 Å². The van der Waals surface area contributed by atoms with Crippen molar-refractivity contribution in [3.05, 3.63) is 29.8 Å². The Balaban J connectivity index is 2.86. The standard InChI is InChI=1S/C16H24N2O5/c1-16(2,3)23-15(21)17-13(14(20)18(4)22-5)10-11-6-8-12(19)9-7-11/h6-9,13,19H,10H2,1-5H3,(H,17,21)/t13-/m1/s1. The van der Waals surface area contributed by atoms with Crippen LogP contribution in [-0.4, -0.2) is 48.0 Å². The first kappa shape index (κ1) is 18.8. The van der Waals surface area contributed by atoms with Gasteiger partial charge in [-0.15, -0.1) is 0 Å². The molecule has 0 saturated carbocycles. The molecule has 1 atom stereocenters. The van der Waals surface area contributed by atoms with Crippen LogP contribution in [0.15, 0.2) is 24.3 Å². The highest BCUT2D eigenvalue weighted by molar-refractivity contribution is 5.85. The van der Waals surface area contributed by atoms with Crippen LogP contribution in [0, 0.1) is 0 Å². The van der Waals surface area contributed by atoms with Gasteiger partial charge in [-0.3, -0.25) is 9.63 Å². The van der Waals surface area contributed by atoms with Crippen molar-refractivity contribution in [1.29, 1.82) is 0 Å². The molecule has 0 heterocycles. The Morgan fingerprint density at radius 1 is 1.26 bits per heavy atom. The number of aromatic hydroxyl groups is 1. The van der Waals surface area contributed by atoms with E-state index >= 15 is 0 Å². The highest BCUT2D eigenvalue weighted by Crippen LogP contribution is 2.13. The lowest BCUT2D eigenvalue weighted by Gasteiger charge is -2.25. The SMILES string of the molecule is CON(C)C(=O)[C@@H](Cc1ccc(O)cc1)NC(=O)OC(C)(C)C. The fourth-order valence-electron chi connectivity index (χ4n) is 1.83. The lowest BCUT2D eigenvalue weighted by molar-refractivity contribution is -0.171. The van der Waals surface area contributed by atoms with Gasteiger partial charge in [0.2, 0.25) is 0 Å². The Labute approximate surface area is 136 Å². The molecule has 7 heteroatoms. The zero-order valence-electron chi connectivity index (χ0n) is 14.1. The highest BCUT2D eigenvalue weighted by Gasteiger charge is 2.27. The van der Waals surface area contributed by atoms with Gasteiger partial charge in [-0.1, -0.05) is 12.1 Å². The number of nitrogens with zero attached hydrogens (tertiary/aromatic N) is 1. The Kier molecular flexibility index (Phi) is 6.38. The number of likely N-dealkylation sites (N-methyl/N-ethyl adjacent to an activating group) is 1. The van der Waals surface area contributed by atoms with Crippen molar-refractivity contribution in [2.45, 2.75) is 38.8 Å². The molecule has 1 aromatic carbocycles. The van der Waals surface area contributed by atoms with E-state index in [0.717, 1.165) is 10.6 Å². The summed E-state index contributed by atoms with van der Waals surface area (Å²) >= 11 is 0. The van der Waals surface area contributed by atoms with E-state index in [2.05, 4.69) is 5.32 Å². The average Bonchev–Trinajstić information content (AvgIpc) is 2.45. The van der Waals surface area contributed by atoms with Crippen LogP contribution >= 0.6 is 0 Å². The van der Waals surface area contributed by atoms with Crippen molar-refractivity contribution < 1.29 is 24.3 Å². The number of nitrogens with one attached hydrogen (secondary N) is 1. The zero-order chi connectivity index (χ0) is 17.6. The molecule has 2 amide bonds. The van der Waals surface area contributed by atoms with E-state index < -0.39 is 23.6 Å². The average molecular weight is 324 g/mol. The molecule has 1 aromatic rings. The van der Waals surface area contributed by atoms with Crippen LogP contribution in [0.5, 0.6) is 5.75 Å². The van der Waals surface area contributed by atoms with Crippen LogP contribution in [0.25, 0.3) is 0 Å². The number of carbonyl (C=O) groups excluding carboxylic acids is 2. The molecule has 0 aliphatic rings. The minimum atomic E-state index is -0.848. The molecule has 0 aliphatic carbocycles. The summed E-state index contributed by atoms with van der Waals surface area (Å²) in [4.78, 5) is 29.2. The third kappa shape index (κ3) is 6.56. The van der Waals surface area contributed by atoms with Crippen molar-refractivity contribution in [2.24, 2.45) is 0 Å². The number of hydrogen-bond acceptors (Lipinski definition) is 5. The summed E-state index contributed by atoms with van der Waals surface area (Å²) in [5, 5.41) is 12.9. The topological polar surface area (TPSA) is 88.1 Å². The van der Waals surface area contributed by atoms with Crippen LogP contribution in [0.1, 0.15) is 26.3 Å². The minimum Gasteiger partial charge on any atom is -0.508 e. The van der Waals surface area contributed by atoms with E-state index in [4.69, 9.17) is 9.57 Å². The number of alkyl carbamates (subject to hydrolysis) is 1. The largest absolute Gasteiger partial charge is 0.508 e. The van der Waals surface area contributed by atoms with Gasteiger partial charge in [0, 0.05) is 13.5 Å². The van der Waals surface area contributed by atoms with Crippen LogP contribution < -0.4 is 5.32 Å². The molecule has 23 heavy (non-hydrogen) atoms. The minimum absolute atomic E-state index is 0.130. The number of ether oxygens (including phenoxy) is 1. The Morgan fingerprint density at radius 2 is 1.83 bits per heavy atom. The second-order valence-corrected chi connectivity index (χ2v) is 6.09. The van der Waals surface area contributed by atoms with E-state index in [-0.39, 0.29) is 12.2 Å². The van der Waals surface area contributed by atoms with Crippen LogP contribution in [0.4, 0.5) is 4.79 Å². The predicted molar refractivity (Wildman–Crippen MR) is 84.7 cm³/mol. The van der Waals surface area contributed by atoms with Crippen molar-refractivity contribution in [3.63, 3.8) is 0 Å². The molecular formula is C16H24N2O5. The first-order valence-electron chi connectivity index (χ1n) is 7.21. The molecule has 0 unspecified atom stereocenters. The fourth-order valence-corrected chi connectivity index (χ4v) is 1.83. The summed E-state index contributed by atoms with van der Waals surface area (Å²) in [5.74, 6) is -0.280. The molecule has 128 valence electrons. The highest BCUT2D eigenvalue weighted by atomic mass is 16.7. The van der Waals surface area contributed by atoms with Gasteiger partial charge in [-0.05, 0) is 38.5 Å². The van der Waals surface area contributed by atoms with Crippen molar-refractivity contribution in [2.75, 3.05) is 14.2 Å². The summed E-state index contributed by atoms with van der Waals surface area (Å²) in [6, 6.07) is 5.55.